The Morgan fingerprint density at radius 2 is 1.46 bits per heavy atom. The van der Waals surface area contributed by atoms with Gasteiger partial charge < -0.3 is 4.74 Å². The van der Waals surface area contributed by atoms with Crippen molar-refractivity contribution in [3.05, 3.63) is 90.0 Å². The molecule has 1 heterocycles. The second-order valence-corrected chi connectivity index (χ2v) is 11.4. The van der Waals surface area contributed by atoms with Gasteiger partial charge in [0.25, 0.3) is 0 Å². The maximum atomic E-state index is 13.2. The summed E-state index contributed by atoms with van der Waals surface area (Å²) in [7, 11) is -3.81. The monoisotopic (exact) mass is 487 g/mol. The highest BCUT2D eigenvalue weighted by Crippen LogP contribution is 2.46. The molecule has 3 aliphatic rings. The standard InChI is InChI=1S/C28H25NO5S/c30-26-16-29(35(32,33)18-8-2-1-3-9-18)25-15-14-23(27(25)26)28(31)34-17-24-21-12-6-4-10-19(21)20-11-5-7-13-22(20)24/h1-13,23-25,27H,14-17H2/t23?,25-,27+/m1/s1. The third-order valence-corrected chi connectivity index (χ3v) is 9.57. The quantitative estimate of drug-likeness (QED) is 0.508. The van der Waals surface area contributed by atoms with E-state index in [2.05, 4.69) is 24.3 Å². The smallest absolute Gasteiger partial charge is 0.309 e. The van der Waals surface area contributed by atoms with Crippen molar-refractivity contribution < 1.29 is 22.7 Å². The molecule has 1 saturated carbocycles. The zero-order valence-electron chi connectivity index (χ0n) is 19.0. The number of fused-ring (bicyclic) bond motifs is 4. The average Bonchev–Trinajstić information content (AvgIpc) is 3.55. The summed E-state index contributed by atoms with van der Waals surface area (Å²) < 4.78 is 33.5. The highest BCUT2D eigenvalue weighted by molar-refractivity contribution is 7.89. The Morgan fingerprint density at radius 3 is 2.11 bits per heavy atom. The van der Waals surface area contributed by atoms with Crippen LogP contribution < -0.4 is 0 Å². The molecule has 0 radical (unpaired) electrons. The molecular formula is C28H25NO5S. The van der Waals surface area contributed by atoms with E-state index < -0.39 is 33.9 Å². The second-order valence-electron chi connectivity index (χ2n) is 9.46. The topological polar surface area (TPSA) is 80.8 Å². The molecule has 1 aliphatic heterocycles. The third-order valence-electron chi connectivity index (χ3n) is 7.68. The van der Waals surface area contributed by atoms with Gasteiger partial charge in [0.05, 0.1) is 17.4 Å². The highest BCUT2D eigenvalue weighted by Gasteiger charge is 2.55. The molecule has 35 heavy (non-hydrogen) atoms. The number of carbonyl (C=O) groups is 2. The van der Waals surface area contributed by atoms with E-state index in [0.29, 0.717) is 12.8 Å². The molecule has 7 heteroatoms. The van der Waals surface area contributed by atoms with Crippen molar-refractivity contribution in [2.24, 2.45) is 11.8 Å². The van der Waals surface area contributed by atoms with Crippen LogP contribution in [-0.4, -0.2) is 43.7 Å². The van der Waals surface area contributed by atoms with Gasteiger partial charge in [0.2, 0.25) is 10.0 Å². The Labute approximate surface area is 204 Å². The minimum absolute atomic E-state index is 0.0576. The van der Waals surface area contributed by atoms with Gasteiger partial charge in [-0.3, -0.25) is 9.59 Å². The summed E-state index contributed by atoms with van der Waals surface area (Å²) in [5, 5.41) is 0. The number of nitrogens with zero attached hydrogens (tertiary/aromatic N) is 1. The predicted molar refractivity (Wildman–Crippen MR) is 130 cm³/mol. The van der Waals surface area contributed by atoms with Gasteiger partial charge in [0.1, 0.15) is 6.61 Å². The van der Waals surface area contributed by atoms with Gasteiger partial charge in [0.15, 0.2) is 5.78 Å². The minimum atomic E-state index is -3.81. The van der Waals surface area contributed by atoms with Gasteiger partial charge >= 0.3 is 5.97 Å². The molecule has 0 aromatic heterocycles. The first kappa shape index (κ1) is 22.2. The number of Topliss-reactive ketones (excluding diaryl/α,β-unsaturated/α-hetero) is 1. The number of carbonyl (C=O) groups excluding carboxylic acids is 2. The van der Waals surface area contributed by atoms with Crippen molar-refractivity contribution in [1.82, 2.24) is 4.31 Å². The van der Waals surface area contributed by atoms with Gasteiger partial charge in [-0.05, 0) is 47.2 Å². The van der Waals surface area contributed by atoms with Crippen molar-refractivity contribution in [3.63, 3.8) is 0 Å². The average molecular weight is 488 g/mol. The van der Waals surface area contributed by atoms with Gasteiger partial charge in [-0.2, -0.15) is 4.31 Å². The third kappa shape index (κ3) is 3.53. The van der Waals surface area contributed by atoms with Crippen molar-refractivity contribution in [1.29, 1.82) is 0 Å². The van der Waals surface area contributed by atoms with Crippen molar-refractivity contribution in [2.45, 2.75) is 29.7 Å². The molecule has 1 saturated heterocycles. The van der Waals surface area contributed by atoms with E-state index in [1.165, 1.54) is 16.4 Å². The number of rotatable bonds is 5. The number of hydrogen-bond donors (Lipinski definition) is 0. The zero-order valence-corrected chi connectivity index (χ0v) is 19.9. The van der Waals surface area contributed by atoms with E-state index in [-0.39, 0.29) is 29.7 Å². The molecule has 3 aromatic rings. The molecule has 2 aliphatic carbocycles. The maximum Gasteiger partial charge on any atom is 0.309 e. The van der Waals surface area contributed by atoms with Crippen molar-refractivity contribution in [3.8, 4) is 11.1 Å². The molecule has 0 amide bonds. The molecule has 0 bridgehead atoms. The summed E-state index contributed by atoms with van der Waals surface area (Å²) in [5.41, 5.74) is 4.56. The summed E-state index contributed by atoms with van der Waals surface area (Å²) in [5.74, 6) is -1.94. The number of esters is 1. The van der Waals surface area contributed by atoms with E-state index in [0.717, 1.165) is 22.3 Å². The van der Waals surface area contributed by atoms with E-state index in [1.807, 2.05) is 24.3 Å². The number of ether oxygens (including phenoxy) is 1. The van der Waals surface area contributed by atoms with Crippen LogP contribution in [0.1, 0.15) is 29.9 Å². The molecule has 2 fully saturated rings. The fraction of sp³-hybridized carbons (Fsp3) is 0.286. The van der Waals surface area contributed by atoms with E-state index in [4.69, 9.17) is 4.74 Å². The fourth-order valence-corrected chi connectivity index (χ4v) is 7.75. The first-order valence-electron chi connectivity index (χ1n) is 11.9. The number of benzene rings is 3. The first-order chi connectivity index (χ1) is 17.0. The van der Waals surface area contributed by atoms with Crippen LogP contribution in [0, 0.1) is 11.8 Å². The number of ketones is 1. The fourth-order valence-electron chi connectivity index (χ4n) is 6.08. The number of sulfonamides is 1. The Morgan fingerprint density at radius 1 is 0.857 bits per heavy atom. The van der Waals surface area contributed by atoms with Crippen LogP contribution >= 0.6 is 0 Å². The lowest BCUT2D eigenvalue weighted by molar-refractivity contribution is -0.151. The van der Waals surface area contributed by atoms with Crippen LogP contribution in [0.5, 0.6) is 0 Å². The zero-order chi connectivity index (χ0) is 24.2. The highest BCUT2D eigenvalue weighted by atomic mass is 32.2. The molecule has 6 nitrogen and oxygen atoms in total. The van der Waals surface area contributed by atoms with Crippen LogP contribution in [0.3, 0.4) is 0 Å². The summed E-state index contributed by atoms with van der Waals surface area (Å²) in [6.07, 6.45) is 0.913. The predicted octanol–water partition coefficient (Wildman–Crippen LogP) is 4.01. The van der Waals surface area contributed by atoms with Gasteiger partial charge in [-0.1, -0.05) is 66.7 Å². The molecule has 1 unspecified atom stereocenters. The van der Waals surface area contributed by atoms with Gasteiger partial charge in [0, 0.05) is 17.9 Å². The molecule has 0 spiro atoms. The summed E-state index contributed by atoms with van der Waals surface area (Å²) in [6, 6.07) is 23.9. The summed E-state index contributed by atoms with van der Waals surface area (Å²) in [6.45, 7) is 0.000677. The summed E-state index contributed by atoms with van der Waals surface area (Å²) in [4.78, 5) is 26.3. The van der Waals surface area contributed by atoms with E-state index in [9.17, 15) is 18.0 Å². The van der Waals surface area contributed by atoms with Crippen LogP contribution in [0.4, 0.5) is 0 Å². The lowest BCUT2D eigenvalue weighted by Crippen LogP contribution is -2.36. The second kappa shape index (κ2) is 8.43. The van der Waals surface area contributed by atoms with E-state index >= 15 is 0 Å². The molecule has 178 valence electrons. The van der Waals surface area contributed by atoms with Crippen LogP contribution in [0.25, 0.3) is 11.1 Å². The Kier molecular flexibility index (Phi) is 5.34. The minimum Gasteiger partial charge on any atom is -0.464 e. The first-order valence-corrected chi connectivity index (χ1v) is 13.4. The Bertz CT molecular complexity index is 1370. The largest absolute Gasteiger partial charge is 0.464 e. The molecule has 0 N–H and O–H groups in total. The molecular weight excluding hydrogens is 462 g/mol. The maximum absolute atomic E-state index is 13.2. The van der Waals surface area contributed by atoms with E-state index in [1.54, 1.807) is 18.2 Å². The lowest BCUT2D eigenvalue weighted by Gasteiger charge is -2.22. The van der Waals surface area contributed by atoms with Crippen LogP contribution in [0.2, 0.25) is 0 Å². The van der Waals surface area contributed by atoms with Crippen LogP contribution in [0.15, 0.2) is 83.8 Å². The molecule has 6 rings (SSSR count). The SMILES string of the molecule is O=C(OCC1c2ccccc2-c2ccccc21)C1CC[C@@H]2[C@H]1C(=O)CN2S(=O)(=O)c1ccccc1. The normalized spacial score (nSPS) is 23.7. The van der Waals surface area contributed by atoms with Crippen LogP contribution in [-0.2, 0) is 24.3 Å². The lowest BCUT2D eigenvalue weighted by atomic mass is 9.92. The van der Waals surface area contributed by atoms with Crippen molar-refractivity contribution >= 4 is 21.8 Å². The van der Waals surface area contributed by atoms with Crippen molar-refractivity contribution in [2.75, 3.05) is 13.2 Å². The molecule has 3 aromatic carbocycles. The van der Waals surface area contributed by atoms with Gasteiger partial charge in [-0.15, -0.1) is 0 Å². The number of hydrogen-bond acceptors (Lipinski definition) is 5. The van der Waals surface area contributed by atoms with Gasteiger partial charge in [-0.25, -0.2) is 8.42 Å². The summed E-state index contributed by atoms with van der Waals surface area (Å²) >= 11 is 0. The molecule has 3 atom stereocenters. The Hall–Kier alpha value is -3.29. The Balaban J connectivity index is 1.19.